The summed E-state index contributed by atoms with van der Waals surface area (Å²) in [5, 5.41) is 8.67. The standard InChI is InChI=1S/C9H12N2O/c1-2-6-12-11-9-5-3-4-8(9)7-10/h2,11H,1,3-6H2. The Morgan fingerprint density at radius 3 is 3.17 bits per heavy atom. The van der Waals surface area contributed by atoms with Crippen LogP contribution >= 0.6 is 0 Å². The van der Waals surface area contributed by atoms with Crippen molar-refractivity contribution >= 4 is 0 Å². The fraction of sp³-hybridized carbons (Fsp3) is 0.444. The van der Waals surface area contributed by atoms with E-state index in [9.17, 15) is 0 Å². The van der Waals surface area contributed by atoms with Gasteiger partial charge in [-0.15, -0.1) is 6.58 Å². The summed E-state index contributed by atoms with van der Waals surface area (Å²) in [6.45, 7) is 3.98. The Morgan fingerprint density at radius 2 is 2.50 bits per heavy atom. The van der Waals surface area contributed by atoms with Gasteiger partial charge >= 0.3 is 0 Å². The highest BCUT2D eigenvalue weighted by atomic mass is 16.6. The fourth-order valence-electron chi connectivity index (χ4n) is 1.17. The van der Waals surface area contributed by atoms with Gasteiger partial charge in [0.15, 0.2) is 0 Å². The normalized spacial score (nSPS) is 15.9. The number of hydroxylamine groups is 1. The zero-order valence-corrected chi connectivity index (χ0v) is 6.97. The quantitative estimate of drug-likeness (QED) is 0.390. The summed E-state index contributed by atoms with van der Waals surface area (Å²) in [6, 6.07) is 2.15. The van der Waals surface area contributed by atoms with Gasteiger partial charge in [-0.3, -0.25) is 10.3 Å². The molecule has 0 radical (unpaired) electrons. The summed E-state index contributed by atoms with van der Waals surface area (Å²) in [5.41, 5.74) is 4.52. The molecule has 0 saturated carbocycles. The zero-order valence-electron chi connectivity index (χ0n) is 6.97. The summed E-state index contributed by atoms with van der Waals surface area (Å²) in [4.78, 5) is 5.02. The number of nitrogens with zero attached hydrogens (tertiary/aromatic N) is 1. The first-order valence-electron chi connectivity index (χ1n) is 3.99. The highest BCUT2D eigenvalue weighted by Gasteiger charge is 2.13. The van der Waals surface area contributed by atoms with E-state index in [4.69, 9.17) is 10.1 Å². The van der Waals surface area contributed by atoms with Crippen molar-refractivity contribution < 1.29 is 4.84 Å². The molecule has 1 N–H and O–H groups in total. The van der Waals surface area contributed by atoms with E-state index in [1.165, 1.54) is 0 Å². The minimum atomic E-state index is 0.461. The van der Waals surface area contributed by atoms with Crippen molar-refractivity contribution in [2.75, 3.05) is 6.61 Å². The average molecular weight is 164 g/mol. The Kier molecular flexibility index (Phi) is 3.36. The van der Waals surface area contributed by atoms with Crippen LogP contribution in [-0.2, 0) is 4.84 Å². The van der Waals surface area contributed by atoms with E-state index in [-0.39, 0.29) is 0 Å². The van der Waals surface area contributed by atoms with Crippen LogP contribution in [0.5, 0.6) is 0 Å². The lowest BCUT2D eigenvalue weighted by Gasteiger charge is -2.05. The smallest absolute Gasteiger partial charge is 0.0966 e. The summed E-state index contributed by atoms with van der Waals surface area (Å²) >= 11 is 0. The third kappa shape index (κ3) is 2.11. The number of rotatable bonds is 4. The maximum absolute atomic E-state index is 8.67. The van der Waals surface area contributed by atoms with Gasteiger partial charge in [0.25, 0.3) is 0 Å². The van der Waals surface area contributed by atoms with E-state index in [1.807, 2.05) is 0 Å². The Labute approximate surface area is 72.3 Å². The molecule has 12 heavy (non-hydrogen) atoms. The Balaban J connectivity index is 2.40. The van der Waals surface area contributed by atoms with Gasteiger partial charge in [0.2, 0.25) is 0 Å². The van der Waals surface area contributed by atoms with Crippen LogP contribution in [-0.4, -0.2) is 6.61 Å². The van der Waals surface area contributed by atoms with Crippen LogP contribution in [0, 0.1) is 11.3 Å². The first-order valence-corrected chi connectivity index (χ1v) is 3.99. The predicted octanol–water partition coefficient (Wildman–Crippen LogP) is 1.66. The SMILES string of the molecule is C=CCONC1=C(C#N)CCC1. The third-order valence-corrected chi connectivity index (χ3v) is 1.75. The molecule has 0 spiro atoms. The summed E-state index contributed by atoms with van der Waals surface area (Å²) in [5.74, 6) is 0. The van der Waals surface area contributed by atoms with E-state index >= 15 is 0 Å². The maximum Gasteiger partial charge on any atom is 0.0966 e. The summed E-state index contributed by atoms with van der Waals surface area (Å²) in [7, 11) is 0. The molecule has 1 aliphatic rings. The van der Waals surface area contributed by atoms with Gasteiger partial charge in [-0.05, 0) is 19.3 Å². The number of nitriles is 1. The molecule has 0 aromatic rings. The molecule has 0 aromatic carbocycles. The molecular formula is C9H12N2O. The van der Waals surface area contributed by atoms with Crippen LogP contribution < -0.4 is 5.48 Å². The monoisotopic (exact) mass is 164 g/mol. The minimum absolute atomic E-state index is 0.461. The first kappa shape index (κ1) is 8.82. The lowest BCUT2D eigenvalue weighted by atomic mass is 10.2. The van der Waals surface area contributed by atoms with Gasteiger partial charge in [0.1, 0.15) is 0 Å². The van der Waals surface area contributed by atoms with Crippen molar-refractivity contribution in [2.24, 2.45) is 0 Å². The number of hydrogen-bond acceptors (Lipinski definition) is 3. The molecule has 0 atom stereocenters. The summed E-state index contributed by atoms with van der Waals surface area (Å²) < 4.78 is 0. The third-order valence-electron chi connectivity index (χ3n) is 1.75. The Bertz CT molecular complexity index is 237. The minimum Gasteiger partial charge on any atom is -0.272 e. The number of allylic oxidation sites excluding steroid dienone is 2. The molecule has 0 fully saturated rings. The molecule has 64 valence electrons. The largest absolute Gasteiger partial charge is 0.272 e. The second-order valence-corrected chi connectivity index (χ2v) is 2.62. The highest BCUT2D eigenvalue weighted by molar-refractivity contribution is 5.29. The highest BCUT2D eigenvalue weighted by Crippen LogP contribution is 2.22. The van der Waals surface area contributed by atoms with Crippen LogP contribution in [0.1, 0.15) is 19.3 Å². The molecule has 0 aliphatic heterocycles. The van der Waals surface area contributed by atoms with Crippen LogP contribution in [0.15, 0.2) is 23.9 Å². The molecule has 0 heterocycles. The second-order valence-electron chi connectivity index (χ2n) is 2.62. The number of nitrogens with one attached hydrogen (secondary N) is 1. The second kappa shape index (κ2) is 4.58. The molecule has 0 unspecified atom stereocenters. The molecule has 1 aliphatic carbocycles. The Morgan fingerprint density at radius 1 is 1.67 bits per heavy atom. The Hall–Kier alpha value is -1.27. The van der Waals surface area contributed by atoms with Crippen LogP contribution in [0.2, 0.25) is 0 Å². The van der Waals surface area contributed by atoms with Crippen molar-refractivity contribution in [1.29, 1.82) is 5.26 Å². The van der Waals surface area contributed by atoms with E-state index in [0.29, 0.717) is 6.61 Å². The van der Waals surface area contributed by atoms with E-state index in [1.54, 1.807) is 6.08 Å². The zero-order chi connectivity index (χ0) is 8.81. The van der Waals surface area contributed by atoms with Gasteiger partial charge in [-0.25, -0.2) is 0 Å². The maximum atomic E-state index is 8.67. The van der Waals surface area contributed by atoms with Crippen molar-refractivity contribution in [3.63, 3.8) is 0 Å². The van der Waals surface area contributed by atoms with Crippen molar-refractivity contribution in [3.8, 4) is 6.07 Å². The lowest BCUT2D eigenvalue weighted by Crippen LogP contribution is -2.13. The molecular weight excluding hydrogens is 152 g/mol. The van der Waals surface area contributed by atoms with Gasteiger partial charge in [-0.1, -0.05) is 6.08 Å². The first-order chi connectivity index (χ1) is 5.88. The van der Waals surface area contributed by atoms with Crippen LogP contribution in [0.25, 0.3) is 0 Å². The van der Waals surface area contributed by atoms with Crippen molar-refractivity contribution in [1.82, 2.24) is 5.48 Å². The van der Waals surface area contributed by atoms with Crippen LogP contribution in [0.4, 0.5) is 0 Å². The molecule has 3 heteroatoms. The molecule has 0 bridgehead atoms. The van der Waals surface area contributed by atoms with Gasteiger partial charge < -0.3 is 0 Å². The number of hydrogen-bond donors (Lipinski definition) is 1. The average Bonchev–Trinajstić information content (AvgIpc) is 2.52. The molecule has 0 saturated heterocycles. The van der Waals surface area contributed by atoms with Crippen molar-refractivity contribution in [2.45, 2.75) is 19.3 Å². The molecule has 0 amide bonds. The van der Waals surface area contributed by atoms with E-state index < -0.39 is 0 Å². The van der Waals surface area contributed by atoms with Crippen LogP contribution in [0.3, 0.4) is 0 Å². The van der Waals surface area contributed by atoms with Gasteiger partial charge in [0, 0.05) is 0 Å². The fourth-order valence-corrected chi connectivity index (χ4v) is 1.17. The van der Waals surface area contributed by atoms with Gasteiger partial charge in [0.05, 0.1) is 23.9 Å². The van der Waals surface area contributed by atoms with E-state index in [0.717, 1.165) is 30.5 Å². The van der Waals surface area contributed by atoms with Gasteiger partial charge in [-0.2, -0.15) is 5.26 Å². The molecule has 3 nitrogen and oxygen atoms in total. The predicted molar refractivity (Wildman–Crippen MR) is 45.8 cm³/mol. The molecule has 1 rings (SSSR count). The topological polar surface area (TPSA) is 45.0 Å². The summed E-state index contributed by atoms with van der Waals surface area (Å²) in [6.07, 6.45) is 4.49. The van der Waals surface area contributed by atoms with E-state index in [2.05, 4.69) is 18.1 Å². The molecule has 0 aromatic heterocycles. The van der Waals surface area contributed by atoms with Crippen molar-refractivity contribution in [3.05, 3.63) is 23.9 Å². The lowest BCUT2D eigenvalue weighted by molar-refractivity contribution is 0.0842.